The number of hydrogen-bond donors (Lipinski definition) is 0. The van der Waals surface area contributed by atoms with Gasteiger partial charge >= 0.3 is 6.09 Å². The zero-order valence-electron chi connectivity index (χ0n) is 10.5. The summed E-state index contributed by atoms with van der Waals surface area (Å²) in [5, 5.41) is 0. The Kier molecular flexibility index (Phi) is 2.66. The Hall–Kier alpha value is -1.36. The molecule has 5 heteroatoms. The molecule has 0 N–H and O–H groups in total. The zero-order valence-corrected chi connectivity index (χ0v) is 10.5. The molecule has 3 rings (SSSR count). The number of cyclic esters (lactones) is 1. The highest BCUT2D eigenvalue weighted by molar-refractivity contribution is 5.90. The van der Waals surface area contributed by atoms with Crippen molar-refractivity contribution in [2.24, 2.45) is 5.92 Å². The second-order valence-corrected chi connectivity index (χ2v) is 5.43. The summed E-state index contributed by atoms with van der Waals surface area (Å²) in [7, 11) is 0. The van der Waals surface area contributed by atoms with Crippen LogP contribution in [0.1, 0.15) is 20.3 Å². The molecule has 0 aromatic heterocycles. The second-order valence-electron chi connectivity index (χ2n) is 5.43. The van der Waals surface area contributed by atoms with Crippen molar-refractivity contribution >= 4 is 11.9 Å². The van der Waals surface area contributed by atoms with Crippen molar-refractivity contribution in [2.45, 2.75) is 44.6 Å². The first-order chi connectivity index (χ1) is 8.58. The zero-order chi connectivity index (χ0) is 12.9. The SMILES string of the molecule is CC(C)[C@@H]1COC(=O)N1[C@H]1C(=O)C[C@H]2C=C[C@@H]1O2. The smallest absolute Gasteiger partial charge is 0.410 e. The lowest BCUT2D eigenvalue weighted by atomic mass is 9.96. The number of carbonyl (C=O) groups excluding carboxylic acids is 2. The average Bonchev–Trinajstić information content (AvgIpc) is 2.85. The van der Waals surface area contributed by atoms with E-state index in [1.54, 1.807) is 4.90 Å². The van der Waals surface area contributed by atoms with Crippen molar-refractivity contribution in [1.29, 1.82) is 0 Å². The first-order valence-corrected chi connectivity index (χ1v) is 6.39. The topological polar surface area (TPSA) is 55.8 Å². The van der Waals surface area contributed by atoms with Crippen molar-refractivity contribution in [1.82, 2.24) is 4.90 Å². The van der Waals surface area contributed by atoms with Crippen LogP contribution < -0.4 is 0 Å². The van der Waals surface area contributed by atoms with E-state index in [4.69, 9.17) is 9.47 Å². The first-order valence-electron chi connectivity index (χ1n) is 6.39. The van der Waals surface area contributed by atoms with Gasteiger partial charge in [-0.25, -0.2) is 4.79 Å². The Morgan fingerprint density at radius 1 is 1.33 bits per heavy atom. The summed E-state index contributed by atoms with van der Waals surface area (Å²) in [6.07, 6.45) is 3.36. The van der Waals surface area contributed by atoms with Crippen molar-refractivity contribution < 1.29 is 19.1 Å². The molecule has 3 heterocycles. The van der Waals surface area contributed by atoms with Gasteiger partial charge in [0.05, 0.1) is 12.1 Å². The van der Waals surface area contributed by atoms with Gasteiger partial charge in [-0.2, -0.15) is 0 Å². The third-order valence-corrected chi connectivity index (χ3v) is 3.91. The number of amides is 1. The number of fused-ring (bicyclic) bond motifs is 2. The van der Waals surface area contributed by atoms with E-state index in [1.807, 2.05) is 26.0 Å². The van der Waals surface area contributed by atoms with Crippen LogP contribution >= 0.6 is 0 Å². The lowest BCUT2D eigenvalue weighted by molar-refractivity contribution is -0.138. The third-order valence-electron chi connectivity index (χ3n) is 3.91. The standard InChI is InChI=1S/C13H17NO4/c1-7(2)9-6-17-13(16)14(9)12-10(15)5-8-3-4-11(12)18-8/h3-4,7-9,11-12H,5-6H2,1-2H3/t8-,9+,11+,12+/m1/s1. The predicted molar refractivity (Wildman–Crippen MR) is 63.0 cm³/mol. The second kappa shape index (κ2) is 4.09. The largest absolute Gasteiger partial charge is 0.447 e. The first kappa shape index (κ1) is 11.7. The number of Topliss-reactive ketones (excluding diaryl/α,β-unsaturated/α-hetero) is 1. The maximum atomic E-state index is 12.2. The van der Waals surface area contributed by atoms with E-state index in [9.17, 15) is 9.59 Å². The summed E-state index contributed by atoms with van der Waals surface area (Å²) >= 11 is 0. The minimum absolute atomic E-state index is 0.0411. The molecular formula is C13H17NO4. The van der Waals surface area contributed by atoms with Crippen molar-refractivity contribution in [2.75, 3.05) is 6.61 Å². The molecule has 1 amide bonds. The molecule has 3 aliphatic heterocycles. The molecule has 0 radical (unpaired) electrons. The summed E-state index contributed by atoms with van der Waals surface area (Å²) in [5.74, 6) is 0.332. The molecular weight excluding hydrogens is 234 g/mol. The van der Waals surface area contributed by atoms with Crippen molar-refractivity contribution in [3.05, 3.63) is 12.2 Å². The van der Waals surface area contributed by atoms with Crippen LogP contribution in [0.15, 0.2) is 12.2 Å². The van der Waals surface area contributed by atoms with Gasteiger partial charge < -0.3 is 9.47 Å². The van der Waals surface area contributed by atoms with Crippen LogP contribution in [0, 0.1) is 5.92 Å². The number of hydrogen-bond acceptors (Lipinski definition) is 4. The lowest BCUT2D eigenvalue weighted by Crippen LogP contribution is -2.56. The quantitative estimate of drug-likeness (QED) is 0.690. The molecule has 5 nitrogen and oxygen atoms in total. The number of nitrogens with zero attached hydrogens (tertiary/aromatic N) is 1. The predicted octanol–water partition coefficient (Wildman–Crippen LogP) is 1.13. The molecule has 0 unspecified atom stereocenters. The summed E-state index contributed by atoms with van der Waals surface area (Å²) in [4.78, 5) is 25.7. The van der Waals surface area contributed by atoms with Crippen LogP contribution in [0.4, 0.5) is 4.79 Å². The van der Waals surface area contributed by atoms with Crippen LogP contribution in [0.5, 0.6) is 0 Å². The molecule has 98 valence electrons. The molecule has 0 aromatic carbocycles. The van der Waals surface area contributed by atoms with E-state index in [2.05, 4.69) is 0 Å². The summed E-state index contributed by atoms with van der Waals surface area (Å²) in [5.41, 5.74) is 0. The van der Waals surface area contributed by atoms with Gasteiger partial charge in [0.25, 0.3) is 0 Å². The van der Waals surface area contributed by atoms with Crippen LogP contribution in [-0.2, 0) is 14.3 Å². The van der Waals surface area contributed by atoms with Crippen LogP contribution in [0.2, 0.25) is 0 Å². The molecule has 2 bridgehead atoms. The van der Waals surface area contributed by atoms with Crippen LogP contribution in [0.25, 0.3) is 0 Å². The van der Waals surface area contributed by atoms with E-state index in [-0.39, 0.29) is 30.0 Å². The minimum Gasteiger partial charge on any atom is -0.447 e. The number of rotatable bonds is 2. The normalized spacial score (nSPS) is 38.7. The van der Waals surface area contributed by atoms with Gasteiger partial charge in [0, 0.05) is 6.42 Å². The van der Waals surface area contributed by atoms with Gasteiger partial charge in [-0.05, 0) is 5.92 Å². The fourth-order valence-corrected chi connectivity index (χ4v) is 2.92. The molecule has 0 aromatic rings. The highest BCUT2D eigenvalue weighted by atomic mass is 16.6. The summed E-state index contributed by atoms with van der Waals surface area (Å²) < 4.78 is 10.8. The van der Waals surface area contributed by atoms with E-state index in [0.29, 0.717) is 13.0 Å². The molecule has 2 saturated heterocycles. The van der Waals surface area contributed by atoms with E-state index < -0.39 is 12.1 Å². The lowest BCUT2D eigenvalue weighted by Gasteiger charge is -2.37. The van der Waals surface area contributed by atoms with E-state index in [0.717, 1.165) is 0 Å². The number of ether oxygens (including phenoxy) is 2. The fraction of sp³-hybridized carbons (Fsp3) is 0.692. The maximum Gasteiger partial charge on any atom is 0.410 e. The highest BCUT2D eigenvalue weighted by Crippen LogP contribution is 2.32. The molecule has 0 spiro atoms. The Morgan fingerprint density at radius 3 is 2.83 bits per heavy atom. The number of ketones is 1. The van der Waals surface area contributed by atoms with Crippen molar-refractivity contribution in [3.63, 3.8) is 0 Å². The van der Waals surface area contributed by atoms with Crippen LogP contribution in [0.3, 0.4) is 0 Å². The van der Waals surface area contributed by atoms with Crippen molar-refractivity contribution in [3.8, 4) is 0 Å². The summed E-state index contributed by atoms with van der Waals surface area (Å²) in [6, 6.07) is -0.553. The highest BCUT2D eigenvalue weighted by Gasteiger charge is 2.49. The molecule has 0 saturated carbocycles. The van der Waals surface area contributed by atoms with Gasteiger partial charge in [-0.3, -0.25) is 9.69 Å². The van der Waals surface area contributed by atoms with Crippen LogP contribution in [-0.4, -0.2) is 47.7 Å². The summed E-state index contributed by atoms with van der Waals surface area (Å²) in [6.45, 7) is 4.42. The third kappa shape index (κ3) is 1.65. The van der Waals surface area contributed by atoms with Gasteiger partial charge in [0.1, 0.15) is 18.8 Å². The monoisotopic (exact) mass is 251 g/mol. The van der Waals surface area contributed by atoms with Gasteiger partial charge in [-0.15, -0.1) is 0 Å². The van der Waals surface area contributed by atoms with Gasteiger partial charge in [0.2, 0.25) is 0 Å². The fourth-order valence-electron chi connectivity index (χ4n) is 2.92. The number of carbonyl (C=O) groups is 2. The van der Waals surface area contributed by atoms with Gasteiger partial charge in [0.15, 0.2) is 5.78 Å². The average molecular weight is 251 g/mol. The molecule has 18 heavy (non-hydrogen) atoms. The Bertz CT molecular complexity index is 417. The minimum atomic E-state index is -0.512. The van der Waals surface area contributed by atoms with E-state index in [1.165, 1.54) is 0 Å². The molecule has 3 aliphatic rings. The molecule has 0 aliphatic carbocycles. The Morgan fingerprint density at radius 2 is 2.11 bits per heavy atom. The maximum absolute atomic E-state index is 12.2. The Balaban J connectivity index is 1.89. The Labute approximate surface area is 106 Å². The van der Waals surface area contributed by atoms with E-state index >= 15 is 0 Å². The molecule has 4 atom stereocenters. The molecule has 2 fully saturated rings. The van der Waals surface area contributed by atoms with Gasteiger partial charge in [-0.1, -0.05) is 26.0 Å².